The van der Waals surface area contributed by atoms with E-state index in [2.05, 4.69) is 0 Å². The second-order valence-corrected chi connectivity index (χ2v) is 2.74. The first kappa shape index (κ1) is 6.75. The van der Waals surface area contributed by atoms with Gasteiger partial charge >= 0.3 is 0 Å². The molecule has 1 fully saturated rings. The molecule has 0 aromatic rings. The van der Waals surface area contributed by atoms with Gasteiger partial charge in [-0.25, -0.2) is 0 Å². The highest BCUT2D eigenvalue weighted by molar-refractivity contribution is 5.82. The molecule has 0 aliphatic heterocycles. The van der Waals surface area contributed by atoms with Gasteiger partial charge in [0.25, 0.3) is 0 Å². The Bertz CT molecular complexity index is 107. The molecule has 0 amide bonds. The van der Waals surface area contributed by atoms with E-state index in [9.17, 15) is 0 Å². The fourth-order valence-corrected chi connectivity index (χ4v) is 0.864. The third-order valence-corrected chi connectivity index (χ3v) is 1.74. The predicted octanol–water partition coefficient (Wildman–Crippen LogP) is 1.19. The molecule has 0 aromatic heterocycles. The molecule has 0 spiro atoms. The maximum Gasteiger partial charge on any atom is 0.0806 e. The molecule has 1 rings (SSSR count). The summed E-state index contributed by atoms with van der Waals surface area (Å²) in [5.74, 6) is 0.886. The first-order valence-corrected chi connectivity index (χ1v) is 3.50. The van der Waals surface area contributed by atoms with Crippen LogP contribution in [0.5, 0.6) is 0 Å². The minimum atomic E-state index is -0.0489. The summed E-state index contributed by atoms with van der Waals surface area (Å²) in [5, 5.41) is 15.6. The molecule has 2 nitrogen and oxygen atoms in total. The van der Waals surface area contributed by atoms with Crippen LogP contribution in [0, 0.1) is 11.3 Å². The van der Waals surface area contributed by atoms with E-state index in [4.69, 9.17) is 10.5 Å². The molecule has 0 radical (unpaired) electrons. The van der Waals surface area contributed by atoms with E-state index >= 15 is 0 Å². The normalized spacial score (nSPS) is 17.9. The van der Waals surface area contributed by atoms with E-state index in [0.717, 1.165) is 18.8 Å². The summed E-state index contributed by atoms with van der Waals surface area (Å²) in [6, 6.07) is 0. The van der Waals surface area contributed by atoms with E-state index in [1.165, 1.54) is 12.8 Å². The van der Waals surface area contributed by atoms with E-state index in [-0.39, 0.29) is 6.61 Å². The average molecular weight is 127 g/mol. The van der Waals surface area contributed by atoms with Crippen LogP contribution in [0.3, 0.4) is 0 Å². The SMILES string of the molecule is N=C(CO)CCC1CC1. The van der Waals surface area contributed by atoms with Crippen molar-refractivity contribution in [2.45, 2.75) is 25.7 Å². The molecule has 0 unspecified atom stereocenters. The molecule has 2 heteroatoms. The van der Waals surface area contributed by atoms with Crippen molar-refractivity contribution in [1.82, 2.24) is 0 Å². The Labute approximate surface area is 55.4 Å². The van der Waals surface area contributed by atoms with Crippen molar-refractivity contribution in [2.24, 2.45) is 5.92 Å². The predicted molar refractivity (Wildman–Crippen MR) is 36.8 cm³/mol. The van der Waals surface area contributed by atoms with Gasteiger partial charge in [-0.2, -0.15) is 0 Å². The Hall–Kier alpha value is -0.370. The molecule has 52 valence electrons. The fourth-order valence-electron chi connectivity index (χ4n) is 0.864. The molecule has 0 saturated heterocycles. The van der Waals surface area contributed by atoms with E-state index < -0.39 is 0 Å². The number of aliphatic hydroxyl groups excluding tert-OH is 1. The van der Waals surface area contributed by atoms with Gasteiger partial charge in [-0.05, 0) is 18.8 Å². The fraction of sp³-hybridized carbons (Fsp3) is 0.857. The highest BCUT2D eigenvalue weighted by Gasteiger charge is 2.20. The molecule has 0 atom stereocenters. The second-order valence-electron chi connectivity index (χ2n) is 2.74. The lowest BCUT2D eigenvalue weighted by Crippen LogP contribution is -2.01. The quantitative estimate of drug-likeness (QED) is 0.547. The maximum absolute atomic E-state index is 8.44. The molecule has 2 N–H and O–H groups in total. The summed E-state index contributed by atoms with van der Waals surface area (Å²) in [4.78, 5) is 0. The summed E-state index contributed by atoms with van der Waals surface area (Å²) in [6.07, 6.45) is 4.62. The van der Waals surface area contributed by atoms with Crippen LogP contribution in [-0.4, -0.2) is 17.4 Å². The Morgan fingerprint density at radius 1 is 1.56 bits per heavy atom. The minimum absolute atomic E-state index is 0.0489. The van der Waals surface area contributed by atoms with Crippen molar-refractivity contribution in [3.63, 3.8) is 0 Å². The molecular weight excluding hydrogens is 114 g/mol. The van der Waals surface area contributed by atoms with E-state index in [1.54, 1.807) is 0 Å². The van der Waals surface area contributed by atoms with Crippen LogP contribution in [0.1, 0.15) is 25.7 Å². The molecule has 9 heavy (non-hydrogen) atoms. The van der Waals surface area contributed by atoms with Crippen LogP contribution in [0.25, 0.3) is 0 Å². The maximum atomic E-state index is 8.44. The van der Waals surface area contributed by atoms with Crippen LogP contribution in [-0.2, 0) is 0 Å². The zero-order valence-electron chi connectivity index (χ0n) is 5.56. The van der Waals surface area contributed by atoms with Gasteiger partial charge in [0.15, 0.2) is 0 Å². The number of nitrogens with one attached hydrogen (secondary N) is 1. The zero-order chi connectivity index (χ0) is 6.69. The molecule has 1 saturated carbocycles. The lowest BCUT2D eigenvalue weighted by atomic mass is 10.1. The van der Waals surface area contributed by atoms with Crippen molar-refractivity contribution < 1.29 is 5.11 Å². The summed E-state index contributed by atoms with van der Waals surface area (Å²) < 4.78 is 0. The summed E-state index contributed by atoms with van der Waals surface area (Å²) in [5.41, 5.74) is 0.488. The third-order valence-electron chi connectivity index (χ3n) is 1.74. The number of hydrogen-bond acceptors (Lipinski definition) is 2. The van der Waals surface area contributed by atoms with Crippen molar-refractivity contribution in [3.05, 3.63) is 0 Å². The molecule has 0 bridgehead atoms. The van der Waals surface area contributed by atoms with Crippen LogP contribution in [0.2, 0.25) is 0 Å². The van der Waals surface area contributed by atoms with E-state index in [1.807, 2.05) is 0 Å². The standard InChI is InChI=1S/C7H13NO/c8-7(5-9)4-3-6-1-2-6/h6,8-9H,1-5H2. The van der Waals surface area contributed by atoms with Crippen LogP contribution >= 0.6 is 0 Å². The number of aliphatic hydroxyl groups is 1. The lowest BCUT2D eigenvalue weighted by molar-refractivity contribution is 0.353. The van der Waals surface area contributed by atoms with E-state index in [0.29, 0.717) is 5.71 Å². The number of hydrogen-bond donors (Lipinski definition) is 2. The lowest BCUT2D eigenvalue weighted by Gasteiger charge is -1.95. The van der Waals surface area contributed by atoms with Crippen LogP contribution < -0.4 is 0 Å². The highest BCUT2D eigenvalue weighted by atomic mass is 16.3. The summed E-state index contributed by atoms with van der Waals surface area (Å²) in [6.45, 7) is -0.0489. The molecule has 0 aromatic carbocycles. The highest BCUT2D eigenvalue weighted by Crippen LogP contribution is 2.33. The van der Waals surface area contributed by atoms with Gasteiger partial charge in [0.05, 0.1) is 6.61 Å². The van der Waals surface area contributed by atoms with Crippen molar-refractivity contribution in [2.75, 3.05) is 6.61 Å². The molecular formula is C7H13NO. The third kappa shape index (κ3) is 2.61. The van der Waals surface area contributed by atoms with Crippen LogP contribution in [0.15, 0.2) is 0 Å². The van der Waals surface area contributed by atoms with Gasteiger partial charge in [0.1, 0.15) is 0 Å². The monoisotopic (exact) mass is 127 g/mol. The Balaban J connectivity index is 1.96. The van der Waals surface area contributed by atoms with Crippen molar-refractivity contribution >= 4 is 5.71 Å². The second kappa shape index (κ2) is 2.97. The van der Waals surface area contributed by atoms with Crippen LogP contribution in [0.4, 0.5) is 0 Å². The number of rotatable bonds is 4. The molecule has 1 aliphatic rings. The van der Waals surface area contributed by atoms with Gasteiger partial charge in [0.2, 0.25) is 0 Å². The Kier molecular flexibility index (Phi) is 2.22. The van der Waals surface area contributed by atoms with Gasteiger partial charge < -0.3 is 10.5 Å². The summed E-state index contributed by atoms with van der Waals surface area (Å²) in [7, 11) is 0. The first-order chi connectivity index (χ1) is 4.33. The largest absolute Gasteiger partial charge is 0.390 e. The molecule has 1 aliphatic carbocycles. The minimum Gasteiger partial charge on any atom is -0.390 e. The van der Waals surface area contributed by atoms with Gasteiger partial charge in [-0.1, -0.05) is 12.8 Å². The molecule has 0 heterocycles. The topological polar surface area (TPSA) is 44.1 Å². The zero-order valence-corrected chi connectivity index (χ0v) is 5.56. The van der Waals surface area contributed by atoms with Crippen molar-refractivity contribution in [1.29, 1.82) is 5.41 Å². The van der Waals surface area contributed by atoms with Gasteiger partial charge in [0, 0.05) is 5.71 Å². The first-order valence-electron chi connectivity index (χ1n) is 3.50. The van der Waals surface area contributed by atoms with Gasteiger partial charge in [-0.15, -0.1) is 0 Å². The summed E-state index contributed by atoms with van der Waals surface area (Å²) >= 11 is 0. The van der Waals surface area contributed by atoms with Gasteiger partial charge in [-0.3, -0.25) is 0 Å². The average Bonchev–Trinajstić information content (AvgIpc) is 2.65. The Morgan fingerprint density at radius 2 is 2.22 bits per heavy atom. The smallest absolute Gasteiger partial charge is 0.0806 e. The Morgan fingerprint density at radius 3 is 2.67 bits per heavy atom. The van der Waals surface area contributed by atoms with Crippen molar-refractivity contribution in [3.8, 4) is 0 Å².